The van der Waals surface area contributed by atoms with E-state index in [4.69, 9.17) is 9.47 Å². The minimum Gasteiger partial charge on any atom is -0.497 e. The van der Waals surface area contributed by atoms with Crippen LogP contribution in [-0.2, 0) is 4.74 Å². The van der Waals surface area contributed by atoms with Crippen molar-refractivity contribution < 1.29 is 14.3 Å². The van der Waals surface area contributed by atoms with Gasteiger partial charge in [0.1, 0.15) is 11.4 Å². The standard InChI is InChI=1S/C15H18N2O3/c1-19-12-5-4-10-7-14(17-13(10)8-12)15(18)16-11-3-2-6-20-9-11/h4-5,7-8,11,17H,2-3,6,9H2,1H3,(H,16,18)/t11-/m1/s1. The van der Waals surface area contributed by atoms with E-state index in [1.54, 1.807) is 7.11 Å². The second-order valence-corrected chi connectivity index (χ2v) is 5.02. The summed E-state index contributed by atoms with van der Waals surface area (Å²) in [6.07, 6.45) is 1.97. The minimum absolute atomic E-state index is 0.0873. The zero-order valence-electron chi connectivity index (χ0n) is 11.4. The zero-order chi connectivity index (χ0) is 13.9. The topological polar surface area (TPSA) is 63.4 Å². The van der Waals surface area contributed by atoms with Gasteiger partial charge < -0.3 is 19.8 Å². The monoisotopic (exact) mass is 274 g/mol. The molecule has 0 spiro atoms. The lowest BCUT2D eigenvalue weighted by atomic mass is 10.1. The predicted molar refractivity (Wildman–Crippen MR) is 76.2 cm³/mol. The lowest BCUT2D eigenvalue weighted by molar-refractivity contribution is 0.0622. The van der Waals surface area contributed by atoms with Crippen LogP contribution in [0.5, 0.6) is 5.75 Å². The number of methoxy groups -OCH3 is 1. The van der Waals surface area contributed by atoms with Gasteiger partial charge in [-0.1, -0.05) is 0 Å². The number of hydrogen-bond donors (Lipinski definition) is 2. The second-order valence-electron chi connectivity index (χ2n) is 5.02. The fourth-order valence-electron chi connectivity index (χ4n) is 2.47. The van der Waals surface area contributed by atoms with Crippen molar-refractivity contribution in [2.45, 2.75) is 18.9 Å². The van der Waals surface area contributed by atoms with E-state index in [2.05, 4.69) is 10.3 Å². The van der Waals surface area contributed by atoms with E-state index in [1.165, 1.54) is 0 Å². The number of fused-ring (bicyclic) bond motifs is 1. The molecule has 0 saturated carbocycles. The molecule has 0 aliphatic carbocycles. The van der Waals surface area contributed by atoms with E-state index < -0.39 is 0 Å². The molecule has 3 rings (SSSR count). The third-order valence-electron chi connectivity index (χ3n) is 3.57. The molecule has 2 N–H and O–H groups in total. The largest absolute Gasteiger partial charge is 0.497 e. The van der Waals surface area contributed by atoms with E-state index >= 15 is 0 Å². The van der Waals surface area contributed by atoms with Crippen LogP contribution in [0, 0.1) is 0 Å². The van der Waals surface area contributed by atoms with Gasteiger partial charge in [0.05, 0.1) is 19.8 Å². The van der Waals surface area contributed by atoms with Crippen molar-refractivity contribution in [2.24, 2.45) is 0 Å². The Hall–Kier alpha value is -2.01. The molecule has 2 heterocycles. The summed E-state index contributed by atoms with van der Waals surface area (Å²) in [6, 6.07) is 7.67. The molecule has 1 amide bonds. The number of rotatable bonds is 3. The molecule has 20 heavy (non-hydrogen) atoms. The smallest absolute Gasteiger partial charge is 0.268 e. The van der Waals surface area contributed by atoms with Crippen LogP contribution in [0.15, 0.2) is 24.3 Å². The van der Waals surface area contributed by atoms with E-state index in [1.807, 2.05) is 24.3 Å². The van der Waals surface area contributed by atoms with Crippen molar-refractivity contribution in [1.82, 2.24) is 10.3 Å². The molecule has 106 valence electrons. The lowest BCUT2D eigenvalue weighted by Crippen LogP contribution is -2.40. The van der Waals surface area contributed by atoms with Crippen molar-refractivity contribution in [3.8, 4) is 5.75 Å². The normalized spacial score (nSPS) is 18.9. The maximum atomic E-state index is 12.2. The SMILES string of the molecule is COc1ccc2cc(C(=O)N[C@@H]3CCCOC3)[nH]c2c1. The summed E-state index contributed by atoms with van der Waals surface area (Å²) in [4.78, 5) is 15.3. The first-order valence-corrected chi connectivity index (χ1v) is 6.81. The van der Waals surface area contributed by atoms with E-state index in [-0.39, 0.29) is 11.9 Å². The number of aromatic amines is 1. The number of H-pyrrole nitrogens is 1. The molecular formula is C15H18N2O3. The van der Waals surface area contributed by atoms with Crippen LogP contribution in [0.4, 0.5) is 0 Å². The zero-order valence-corrected chi connectivity index (χ0v) is 11.4. The molecule has 2 aromatic rings. The number of carbonyl (C=O) groups excluding carboxylic acids is 1. The number of aromatic nitrogens is 1. The Morgan fingerprint density at radius 3 is 3.10 bits per heavy atom. The maximum absolute atomic E-state index is 12.2. The highest BCUT2D eigenvalue weighted by molar-refractivity contribution is 5.98. The average Bonchev–Trinajstić information content (AvgIpc) is 2.91. The van der Waals surface area contributed by atoms with Crippen LogP contribution in [0.25, 0.3) is 10.9 Å². The number of benzene rings is 1. The molecule has 0 bridgehead atoms. The maximum Gasteiger partial charge on any atom is 0.268 e. The van der Waals surface area contributed by atoms with Gasteiger partial charge in [0.15, 0.2) is 0 Å². The van der Waals surface area contributed by atoms with E-state index in [0.717, 1.165) is 36.1 Å². The highest BCUT2D eigenvalue weighted by Crippen LogP contribution is 2.21. The second kappa shape index (κ2) is 5.54. The Bertz CT molecular complexity index is 615. The van der Waals surface area contributed by atoms with Crippen molar-refractivity contribution in [2.75, 3.05) is 20.3 Å². The third kappa shape index (κ3) is 2.63. The summed E-state index contributed by atoms with van der Waals surface area (Å²) >= 11 is 0. The molecule has 1 atom stereocenters. The number of carbonyl (C=O) groups is 1. The highest BCUT2D eigenvalue weighted by Gasteiger charge is 2.18. The van der Waals surface area contributed by atoms with Gasteiger partial charge in [-0.25, -0.2) is 0 Å². The average molecular weight is 274 g/mol. The first-order chi connectivity index (χ1) is 9.76. The molecule has 1 aliphatic rings. The Labute approximate surface area is 117 Å². The predicted octanol–water partition coefficient (Wildman–Crippen LogP) is 2.09. The first kappa shape index (κ1) is 13.0. The van der Waals surface area contributed by atoms with Crippen LogP contribution in [-0.4, -0.2) is 37.3 Å². The number of nitrogens with one attached hydrogen (secondary N) is 2. The summed E-state index contributed by atoms with van der Waals surface area (Å²) < 4.78 is 10.5. The van der Waals surface area contributed by atoms with Gasteiger partial charge in [0.2, 0.25) is 0 Å². The van der Waals surface area contributed by atoms with Gasteiger partial charge in [-0.2, -0.15) is 0 Å². The molecule has 1 aromatic heterocycles. The van der Waals surface area contributed by atoms with Gasteiger partial charge in [0.25, 0.3) is 5.91 Å². The number of amides is 1. The van der Waals surface area contributed by atoms with Gasteiger partial charge in [0, 0.05) is 23.6 Å². The van der Waals surface area contributed by atoms with Gasteiger partial charge in [-0.05, 0) is 31.0 Å². The third-order valence-corrected chi connectivity index (χ3v) is 3.57. The van der Waals surface area contributed by atoms with Crippen molar-refractivity contribution in [1.29, 1.82) is 0 Å². The molecule has 0 unspecified atom stereocenters. The Balaban J connectivity index is 1.77. The van der Waals surface area contributed by atoms with Gasteiger partial charge >= 0.3 is 0 Å². The summed E-state index contributed by atoms with van der Waals surface area (Å²) in [5.41, 5.74) is 1.47. The molecule has 1 aliphatic heterocycles. The number of hydrogen-bond acceptors (Lipinski definition) is 3. The van der Waals surface area contributed by atoms with Crippen LogP contribution < -0.4 is 10.1 Å². The van der Waals surface area contributed by atoms with Crippen molar-refractivity contribution in [3.63, 3.8) is 0 Å². The van der Waals surface area contributed by atoms with E-state index in [9.17, 15) is 4.79 Å². The van der Waals surface area contributed by atoms with Crippen molar-refractivity contribution in [3.05, 3.63) is 30.0 Å². The van der Waals surface area contributed by atoms with Gasteiger partial charge in [-0.3, -0.25) is 4.79 Å². The summed E-state index contributed by atoms with van der Waals surface area (Å²) in [7, 11) is 1.63. The Morgan fingerprint density at radius 2 is 2.35 bits per heavy atom. The Morgan fingerprint density at radius 1 is 1.45 bits per heavy atom. The fourth-order valence-corrected chi connectivity index (χ4v) is 2.47. The summed E-state index contributed by atoms with van der Waals surface area (Å²) in [5, 5.41) is 3.99. The number of ether oxygens (including phenoxy) is 2. The molecule has 1 fully saturated rings. The van der Waals surface area contributed by atoms with Gasteiger partial charge in [-0.15, -0.1) is 0 Å². The summed E-state index contributed by atoms with van der Waals surface area (Å²) in [5.74, 6) is 0.683. The van der Waals surface area contributed by atoms with Crippen LogP contribution >= 0.6 is 0 Å². The summed E-state index contributed by atoms with van der Waals surface area (Å²) in [6.45, 7) is 1.39. The van der Waals surface area contributed by atoms with E-state index in [0.29, 0.717) is 12.3 Å². The molecule has 5 nitrogen and oxygen atoms in total. The Kier molecular flexibility index (Phi) is 3.60. The molecule has 5 heteroatoms. The molecule has 0 radical (unpaired) electrons. The molecular weight excluding hydrogens is 256 g/mol. The fraction of sp³-hybridized carbons (Fsp3) is 0.400. The minimum atomic E-state index is -0.0873. The van der Waals surface area contributed by atoms with Crippen LogP contribution in [0.3, 0.4) is 0 Å². The molecule has 1 saturated heterocycles. The van der Waals surface area contributed by atoms with Crippen molar-refractivity contribution >= 4 is 16.8 Å². The van der Waals surface area contributed by atoms with Crippen LogP contribution in [0.1, 0.15) is 23.3 Å². The molecule has 1 aromatic carbocycles. The highest BCUT2D eigenvalue weighted by atomic mass is 16.5. The lowest BCUT2D eigenvalue weighted by Gasteiger charge is -2.22. The quantitative estimate of drug-likeness (QED) is 0.900. The first-order valence-electron chi connectivity index (χ1n) is 6.81. The van der Waals surface area contributed by atoms with Crippen LogP contribution in [0.2, 0.25) is 0 Å².